The molecule has 0 atom stereocenters. The molecule has 0 saturated carbocycles. The van der Waals surface area contributed by atoms with Gasteiger partial charge in [-0.15, -0.1) is 0 Å². The van der Waals surface area contributed by atoms with Gasteiger partial charge < -0.3 is 15.5 Å². The van der Waals surface area contributed by atoms with Crippen LogP contribution in [0, 0.1) is 5.92 Å². The lowest BCUT2D eigenvalue weighted by Crippen LogP contribution is -2.40. The molecule has 0 unspecified atom stereocenters. The van der Waals surface area contributed by atoms with Crippen LogP contribution in [0.2, 0.25) is 0 Å². The predicted molar refractivity (Wildman–Crippen MR) is 81.4 cm³/mol. The molecule has 1 amide bonds. The molecule has 0 spiro atoms. The summed E-state index contributed by atoms with van der Waals surface area (Å²) in [5.74, 6) is 0.426. The van der Waals surface area contributed by atoms with Gasteiger partial charge >= 0.3 is 0 Å². The van der Waals surface area contributed by atoms with Gasteiger partial charge in [-0.3, -0.25) is 4.79 Å². The molecule has 0 aromatic heterocycles. The van der Waals surface area contributed by atoms with Crippen molar-refractivity contribution in [3.8, 4) is 0 Å². The average molecular weight is 275 g/mol. The van der Waals surface area contributed by atoms with Crippen molar-refractivity contribution >= 4 is 5.91 Å². The first-order valence-electron chi connectivity index (χ1n) is 7.46. The van der Waals surface area contributed by atoms with Gasteiger partial charge in [-0.2, -0.15) is 0 Å². The maximum Gasteiger partial charge on any atom is 0.223 e. The fourth-order valence-electron chi connectivity index (χ4n) is 2.57. The van der Waals surface area contributed by atoms with Crippen molar-refractivity contribution in [1.29, 1.82) is 0 Å². The Hall–Kier alpha value is -1.39. The third-order valence-electron chi connectivity index (χ3n) is 3.80. The van der Waals surface area contributed by atoms with Crippen LogP contribution in [0.3, 0.4) is 0 Å². The Morgan fingerprint density at radius 3 is 2.70 bits per heavy atom. The predicted octanol–water partition coefficient (Wildman–Crippen LogP) is 1.23. The number of amides is 1. The van der Waals surface area contributed by atoms with Gasteiger partial charge in [0.1, 0.15) is 0 Å². The second kappa shape index (κ2) is 8.02. The van der Waals surface area contributed by atoms with E-state index in [1.807, 2.05) is 6.07 Å². The second-order valence-electron chi connectivity index (χ2n) is 5.54. The summed E-state index contributed by atoms with van der Waals surface area (Å²) in [6, 6.07) is 10.4. The summed E-state index contributed by atoms with van der Waals surface area (Å²) in [6.07, 6.45) is 1.93. The van der Waals surface area contributed by atoms with E-state index < -0.39 is 0 Å². The third-order valence-corrected chi connectivity index (χ3v) is 3.80. The fraction of sp³-hybridized carbons (Fsp3) is 0.562. The maximum atomic E-state index is 12.0. The molecule has 1 aliphatic heterocycles. The van der Waals surface area contributed by atoms with Crippen LogP contribution in [0.4, 0.5) is 0 Å². The zero-order valence-corrected chi connectivity index (χ0v) is 12.3. The molecule has 0 bridgehead atoms. The summed E-state index contributed by atoms with van der Waals surface area (Å²) in [7, 11) is 2.09. The van der Waals surface area contributed by atoms with Crippen LogP contribution in [-0.4, -0.2) is 44.0 Å². The Labute approximate surface area is 121 Å². The lowest BCUT2D eigenvalue weighted by atomic mass is 9.97. The highest BCUT2D eigenvalue weighted by molar-refractivity contribution is 5.78. The highest BCUT2D eigenvalue weighted by Crippen LogP contribution is 2.11. The van der Waals surface area contributed by atoms with Gasteiger partial charge in [0.2, 0.25) is 5.91 Å². The number of nitrogens with zero attached hydrogens (tertiary/aromatic N) is 1. The summed E-state index contributed by atoms with van der Waals surface area (Å²) in [5, 5.41) is 6.34. The van der Waals surface area contributed by atoms with E-state index in [0.29, 0.717) is 0 Å². The van der Waals surface area contributed by atoms with Gasteiger partial charge in [0, 0.05) is 25.6 Å². The van der Waals surface area contributed by atoms with Crippen molar-refractivity contribution < 1.29 is 4.79 Å². The van der Waals surface area contributed by atoms with E-state index in [0.717, 1.165) is 45.6 Å². The zero-order chi connectivity index (χ0) is 14.2. The van der Waals surface area contributed by atoms with Crippen LogP contribution in [0.5, 0.6) is 0 Å². The zero-order valence-electron chi connectivity index (χ0n) is 12.3. The Morgan fingerprint density at radius 1 is 1.30 bits per heavy atom. The van der Waals surface area contributed by atoms with Crippen LogP contribution in [0.1, 0.15) is 18.4 Å². The average Bonchev–Trinajstić information content (AvgIpc) is 2.49. The molecular weight excluding hydrogens is 250 g/mol. The molecule has 0 radical (unpaired) electrons. The molecule has 1 aliphatic rings. The van der Waals surface area contributed by atoms with E-state index in [4.69, 9.17) is 0 Å². The molecule has 4 nitrogen and oxygen atoms in total. The van der Waals surface area contributed by atoms with Gasteiger partial charge in [-0.05, 0) is 38.5 Å². The summed E-state index contributed by atoms with van der Waals surface area (Å²) in [6.45, 7) is 4.46. The van der Waals surface area contributed by atoms with Crippen molar-refractivity contribution in [1.82, 2.24) is 15.5 Å². The molecule has 1 aromatic rings. The quantitative estimate of drug-likeness (QED) is 0.821. The molecular formula is C16H25N3O. The van der Waals surface area contributed by atoms with Gasteiger partial charge in [-0.25, -0.2) is 0 Å². The molecule has 0 aliphatic carbocycles. The van der Waals surface area contributed by atoms with Crippen molar-refractivity contribution in [2.45, 2.75) is 19.4 Å². The largest absolute Gasteiger partial charge is 0.355 e. The molecule has 20 heavy (non-hydrogen) atoms. The summed E-state index contributed by atoms with van der Waals surface area (Å²) in [4.78, 5) is 14.2. The van der Waals surface area contributed by atoms with E-state index >= 15 is 0 Å². The molecule has 2 rings (SSSR count). The Morgan fingerprint density at radius 2 is 2.00 bits per heavy atom. The minimum absolute atomic E-state index is 0.204. The first-order valence-corrected chi connectivity index (χ1v) is 7.46. The van der Waals surface area contributed by atoms with E-state index in [1.165, 1.54) is 5.56 Å². The SMILES string of the molecule is CN(CCNC(=O)C1CCNCC1)Cc1ccccc1. The van der Waals surface area contributed by atoms with E-state index in [2.05, 4.69) is 46.8 Å². The van der Waals surface area contributed by atoms with Crippen molar-refractivity contribution in [2.75, 3.05) is 33.2 Å². The van der Waals surface area contributed by atoms with Crippen LogP contribution in [0.15, 0.2) is 30.3 Å². The van der Waals surface area contributed by atoms with Crippen LogP contribution < -0.4 is 10.6 Å². The number of carbonyl (C=O) groups excluding carboxylic acids is 1. The lowest BCUT2D eigenvalue weighted by molar-refractivity contribution is -0.125. The van der Waals surface area contributed by atoms with Crippen molar-refractivity contribution in [2.24, 2.45) is 5.92 Å². The van der Waals surface area contributed by atoms with Crippen molar-refractivity contribution in [3.63, 3.8) is 0 Å². The number of benzene rings is 1. The maximum absolute atomic E-state index is 12.0. The van der Waals surface area contributed by atoms with Gasteiger partial charge in [0.25, 0.3) is 0 Å². The minimum Gasteiger partial charge on any atom is -0.355 e. The number of rotatable bonds is 6. The Balaban J connectivity index is 1.63. The number of hydrogen-bond donors (Lipinski definition) is 2. The monoisotopic (exact) mass is 275 g/mol. The van der Waals surface area contributed by atoms with Crippen molar-refractivity contribution in [3.05, 3.63) is 35.9 Å². The highest BCUT2D eigenvalue weighted by Gasteiger charge is 2.20. The van der Waals surface area contributed by atoms with Gasteiger partial charge in [0.05, 0.1) is 0 Å². The smallest absolute Gasteiger partial charge is 0.223 e. The Kier molecular flexibility index (Phi) is 6.02. The molecule has 110 valence electrons. The summed E-state index contributed by atoms with van der Waals surface area (Å²) < 4.78 is 0. The molecule has 1 saturated heterocycles. The van der Waals surface area contributed by atoms with Crippen LogP contribution in [0.25, 0.3) is 0 Å². The third kappa shape index (κ3) is 4.94. The molecule has 4 heteroatoms. The molecule has 2 N–H and O–H groups in total. The van der Waals surface area contributed by atoms with Crippen LogP contribution in [-0.2, 0) is 11.3 Å². The number of nitrogens with one attached hydrogen (secondary N) is 2. The minimum atomic E-state index is 0.204. The highest BCUT2D eigenvalue weighted by atomic mass is 16.1. The summed E-state index contributed by atoms with van der Waals surface area (Å²) in [5.41, 5.74) is 1.31. The van der Waals surface area contributed by atoms with Crippen LogP contribution >= 0.6 is 0 Å². The number of piperidine rings is 1. The van der Waals surface area contributed by atoms with E-state index in [1.54, 1.807) is 0 Å². The normalized spacial score (nSPS) is 16.3. The molecule has 1 heterocycles. The Bertz CT molecular complexity index is 401. The first-order chi connectivity index (χ1) is 9.75. The second-order valence-corrected chi connectivity index (χ2v) is 5.54. The van der Waals surface area contributed by atoms with E-state index in [-0.39, 0.29) is 11.8 Å². The fourth-order valence-corrected chi connectivity index (χ4v) is 2.57. The topological polar surface area (TPSA) is 44.4 Å². The lowest BCUT2D eigenvalue weighted by Gasteiger charge is -2.23. The molecule has 1 aromatic carbocycles. The van der Waals surface area contributed by atoms with E-state index in [9.17, 15) is 4.79 Å². The number of carbonyl (C=O) groups is 1. The first kappa shape index (κ1) is 15.0. The number of likely N-dealkylation sites (N-methyl/N-ethyl adjacent to an activating group) is 1. The summed E-state index contributed by atoms with van der Waals surface area (Å²) >= 11 is 0. The van der Waals surface area contributed by atoms with Gasteiger partial charge in [-0.1, -0.05) is 30.3 Å². The standard InChI is InChI=1S/C16H25N3O/c1-19(13-14-5-3-2-4-6-14)12-11-18-16(20)15-7-9-17-10-8-15/h2-6,15,17H,7-13H2,1H3,(H,18,20). The van der Waals surface area contributed by atoms with Gasteiger partial charge in [0.15, 0.2) is 0 Å². The number of hydrogen-bond acceptors (Lipinski definition) is 3. The molecule has 1 fully saturated rings.